The maximum Gasteiger partial charge on any atom is 0.233 e. The zero-order valence-corrected chi connectivity index (χ0v) is 13.3. The Kier molecular flexibility index (Phi) is 5.65. The molecule has 1 aromatic heterocycles. The molecule has 0 aromatic carbocycles. The third-order valence-corrected chi connectivity index (χ3v) is 4.52. The number of carbonyl (C=O) groups is 1. The summed E-state index contributed by atoms with van der Waals surface area (Å²) >= 11 is 1.42. The minimum Gasteiger partial charge on any atom is -0.340 e. The third kappa shape index (κ3) is 4.22. The Morgan fingerprint density at radius 2 is 2.19 bits per heavy atom. The Labute approximate surface area is 129 Å². The second kappa shape index (κ2) is 7.48. The average Bonchev–Trinajstić information content (AvgIpc) is 2.99. The predicted octanol–water partition coefficient (Wildman–Crippen LogP) is 1.19. The first kappa shape index (κ1) is 15.9. The van der Waals surface area contributed by atoms with Gasteiger partial charge in [0.1, 0.15) is 6.04 Å². The first-order chi connectivity index (χ1) is 10.1. The van der Waals surface area contributed by atoms with E-state index in [-0.39, 0.29) is 11.9 Å². The van der Waals surface area contributed by atoms with Gasteiger partial charge in [0.15, 0.2) is 5.16 Å². The Balaban J connectivity index is 1.78. The van der Waals surface area contributed by atoms with E-state index in [2.05, 4.69) is 34.8 Å². The second-order valence-corrected chi connectivity index (χ2v) is 6.38. The number of thioether (sulfide) groups is 1. The number of H-pyrrole nitrogens is 1. The minimum atomic E-state index is -0.0558. The summed E-state index contributed by atoms with van der Waals surface area (Å²) in [6.45, 7) is 7.06. The number of hydrogen-bond donors (Lipinski definition) is 1. The molecule has 1 aliphatic heterocycles. The van der Waals surface area contributed by atoms with Crippen LogP contribution in [-0.2, 0) is 4.79 Å². The summed E-state index contributed by atoms with van der Waals surface area (Å²) in [4.78, 5) is 23.3. The van der Waals surface area contributed by atoms with Crippen LogP contribution in [0.5, 0.6) is 0 Å². The molecule has 0 bridgehead atoms. The van der Waals surface area contributed by atoms with E-state index < -0.39 is 0 Å². The number of imidazole rings is 1. The van der Waals surface area contributed by atoms with E-state index in [0.29, 0.717) is 24.8 Å². The van der Waals surface area contributed by atoms with Crippen LogP contribution in [0.1, 0.15) is 13.8 Å². The summed E-state index contributed by atoms with van der Waals surface area (Å²) < 4.78 is 0. The van der Waals surface area contributed by atoms with Gasteiger partial charge in [-0.2, -0.15) is 5.26 Å². The van der Waals surface area contributed by atoms with Crippen LogP contribution in [-0.4, -0.2) is 63.6 Å². The van der Waals surface area contributed by atoms with Crippen LogP contribution < -0.4 is 0 Å². The highest BCUT2D eigenvalue weighted by atomic mass is 32.2. The molecule has 0 spiro atoms. The Bertz CT molecular complexity index is 488. The van der Waals surface area contributed by atoms with Crippen LogP contribution >= 0.6 is 11.8 Å². The molecule has 0 radical (unpaired) electrons. The molecule has 7 heteroatoms. The van der Waals surface area contributed by atoms with Crippen molar-refractivity contribution in [2.24, 2.45) is 5.92 Å². The summed E-state index contributed by atoms with van der Waals surface area (Å²) in [5.74, 6) is 0.847. The topological polar surface area (TPSA) is 76.0 Å². The molecule has 114 valence electrons. The molecule has 1 aromatic rings. The lowest BCUT2D eigenvalue weighted by atomic mass is 10.0. The Hall–Kier alpha value is -1.52. The van der Waals surface area contributed by atoms with Gasteiger partial charge >= 0.3 is 0 Å². The van der Waals surface area contributed by atoms with E-state index >= 15 is 0 Å². The first-order valence-electron chi connectivity index (χ1n) is 7.15. The fraction of sp³-hybridized carbons (Fsp3) is 0.643. The first-order valence-corrected chi connectivity index (χ1v) is 8.14. The van der Waals surface area contributed by atoms with Gasteiger partial charge in [-0.15, -0.1) is 0 Å². The van der Waals surface area contributed by atoms with Gasteiger partial charge in [-0.3, -0.25) is 9.69 Å². The normalized spacial score (nSPS) is 17.7. The number of aromatic nitrogens is 2. The number of nitriles is 1. The summed E-state index contributed by atoms with van der Waals surface area (Å²) in [7, 11) is 0. The number of piperazine rings is 1. The van der Waals surface area contributed by atoms with Crippen molar-refractivity contribution in [2.45, 2.75) is 25.0 Å². The molecule has 1 fully saturated rings. The van der Waals surface area contributed by atoms with Crippen LogP contribution in [0.3, 0.4) is 0 Å². The van der Waals surface area contributed by atoms with Crippen LogP contribution in [0, 0.1) is 17.2 Å². The zero-order valence-electron chi connectivity index (χ0n) is 12.5. The van der Waals surface area contributed by atoms with E-state index in [1.54, 1.807) is 12.4 Å². The number of carbonyl (C=O) groups excluding carboxylic acids is 1. The number of hydrogen-bond acceptors (Lipinski definition) is 5. The maximum atomic E-state index is 12.2. The molecule has 1 N–H and O–H groups in total. The van der Waals surface area contributed by atoms with E-state index in [4.69, 9.17) is 0 Å². The van der Waals surface area contributed by atoms with Gasteiger partial charge in [-0.1, -0.05) is 25.6 Å². The monoisotopic (exact) mass is 307 g/mol. The van der Waals surface area contributed by atoms with Crippen molar-refractivity contribution >= 4 is 17.7 Å². The van der Waals surface area contributed by atoms with Crippen LogP contribution in [0.15, 0.2) is 17.6 Å². The number of nitrogens with zero attached hydrogens (tertiary/aromatic N) is 4. The zero-order chi connectivity index (χ0) is 15.2. The van der Waals surface area contributed by atoms with E-state index in [1.807, 2.05) is 4.90 Å². The SMILES string of the molecule is CC(C)C(C#N)N1CCN(C(=O)CSc2ncc[nH]2)CC1. The smallest absolute Gasteiger partial charge is 0.233 e. The maximum absolute atomic E-state index is 12.2. The molecule has 21 heavy (non-hydrogen) atoms. The van der Waals surface area contributed by atoms with Gasteiger partial charge in [0.05, 0.1) is 11.8 Å². The van der Waals surface area contributed by atoms with Crippen molar-refractivity contribution in [3.05, 3.63) is 12.4 Å². The molecule has 0 saturated carbocycles. The number of amides is 1. The van der Waals surface area contributed by atoms with Crippen molar-refractivity contribution in [3.63, 3.8) is 0 Å². The standard InChI is InChI=1S/C14H21N5OS/c1-11(2)12(9-15)18-5-7-19(8-6-18)13(20)10-21-14-16-3-4-17-14/h3-4,11-12H,5-8,10H2,1-2H3,(H,16,17). The van der Waals surface area contributed by atoms with Gasteiger partial charge in [-0.25, -0.2) is 4.98 Å². The molecule has 1 aliphatic rings. The molecule has 1 amide bonds. The second-order valence-electron chi connectivity index (χ2n) is 5.42. The minimum absolute atomic E-state index is 0.0558. The molecule has 1 saturated heterocycles. The highest BCUT2D eigenvalue weighted by molar-refractivity contribution is 7.99. The largest absolute Gasteiger partial charge is 0.340 e. The summed E-state index contributed by atoms with van der Waals surface area (Å²) in [6.07, 6.45) is 3.43. The Morgan fingerprint density at radius 3 is 2.71 bits per heavy atom. The number of aromatic amines is 1. The fourth-order valence-electron chi connectivity index (χ4n) is 2.45. The predicted molar refractivity (Wildman–Crippen MR) is 81.7 cm³/mol. The van der Waals surface area contributed by atoms with Gasteiger partial charge in [0.25, 0.3) is 0 Å². The van der Waals surface area contributed by atoms with Gasteiger partial charge in [-0.05, 0) is 5.92 Å². The number of nitrogens with one attached hydrogen (secondary N) is 1. The molecule has 0 aliphatic carbocycles. The van der Waals surface area contributed by atoms with E-state index in [9.17, 15) is 10.1 Å². The fourth-order valence-corrected chi connectivity index (χ4v) is 3.18. The lowest BCUT2D eigenvalue weighted by Crippen LogP contribution is -2.53. The third-order valence-electron chi connectivity index (χ3n) is 3.63. The van der Waals surface area contributed by atoms with Crippen molar-refractivity contribution in [1.29, 1.82) is 5.26 Å². The van der Waals surface area contributed by atoms with Crippen molar-refractivity contribution in [2.75, 3.05) is 31.9 Å². The molecular formula is C14H21N5OS. The summed E-state index contributed by atoms with van der Waals surface area (Å²) in [5, 5.41) is 10.00. The molecular weight excluding hydrogens is 286 g/mol. The lowest BCUT2D eigenvalue weighted by Gasteiger charge is -2.38. The number of rotatable bonds is 5. The van der Waals surface area contributed by atoms with Gasteiger partial charge in [0.2, 0.25) is 5.91 Å². The highest BCUT2D eigenvalue weighted by Crippen LogP contribution is 2.16. The van der Waals surface area contributed by atoms with Gasteiger partial charge < -0.3 is 9.88 Å². The molecule has 2 rings (SSSR count). The van der Waals surface area contributed by atoms with Crippen LogP contribution in [0.4, 0.5) is 0 Å². The molecule has 6 nitrogen and oxygen atoms in total. The van der Waals surface area contributed by atoms with Crippen molar-refractivity contribution in [3.8, 4) is 6.07 Å². The molecule has 2 heterocycles. The summed E-state index contributed by atoms with van der Waals surface area (Å²) in [6, 6.07) is 2.31. The summed E-state index contributed by atoms with van der Waals surface area (Å²) in [5.41, 5.74) is 0. The van der Waals surface area contributed by atoms with Gasteiger partial charge in [0, 0.05) is 38.6 Å². The van der Waals surface area contributed by atoms with Crippen LogP contribution in [0.2, 0.25) is 0 Å². The van der Waals surface area contributed by atoms with Crippen LogP contribution in [0.25, 0.3) is 0 Å². The van der Waals surface area contributed by atoms with Crippen molar-refractivity contribution < 1.29 is 4.79 Å². The molecule has 1 atom stereocenters. The highest BCUT2D eigenvalue weighted by Gasteiger charge is 2.27. The lowest BCUT2D eigenvalue weighted by molar-refractivity contribution is -0.130. The quantitative estimate of drug-likeness (QED) is 0.827. The Morgan fingerprint density at radius 1 is 1.48 bits per heavy atom. The van der Waals surface area contributed by atoms with E-state index in [0.717, 1.165) is 18.2 Å². The average molecular weight is 307 g/mol. The van der Waals surface area contributed by atoms with Crippen molar-refractivity contribution in [1.82, 2.24) is 19.8 Å². The molecule has 1 unspecified atom stereocenters. The van der Waals surface area contributed by atoms with E-state index in [1.165, 1.54) is 11.8 Å².